The topological polar surface area (TPSA) is 18.5 Å². The molecule has 0 saturated carbocycles. The second-order valence-electron chi connectivity index (χ2n) is 20.2. The number of ether oxygens (including phenoxy) is 2. The minimum absolute atomic E-state index is 0.666. The molecule has 0 aliphatic carbocycles. The van der Waals surface area contributed by atoms with Gasteiger partial charge < -0.3 is 9.47 Å². The summed E-state index contributed by atoms with van der Waals surface area (Å²) in [6.07, 6.45) is 0. The number of rotatable bonds is 7. The molecule has 13 aromatic carbocycles. The fourth-order valence-electron chi connectivity index (χ4n) is 13.2. The van der Waals surface area contributed by atoms with Gasteiger partial charge in [0.15, 0.2) is 0 Å². The molecule has 76 heavy (non-hydrogen) atoms. The highest BCUT2D eigenvalue weighted by Gasteiger charge is 2.48. The molecule has 0 atom stereocenters. The molecule has 0 N–H and O–H groups in total. The van der Waals surface area contributed by atoms with E-state index in [9.17, 15) is 0 Å². The Morgan fingerprint density at radius 2 is 0.684 bits per heavy atom. The molecular formula is C74H48O2. The third-order valence-corrected chi connectivity index (χ3v) is 16.3. The Balaban J connectivity index is 1.04. The van der Waals surface area contributed by atoms with Crippen molar-refractivity contribution in [1.29, 1.82) is 0 Å². The number of hydrogen-bond donors (Lipinski definition) is 0. The number of fused-ring (bicyclic) bond motifs is 7. The van der Waals surface area contributed by atoms with Crippen LogP contribution in [0.5, 0.6) is 23.0 Å². The summed E-state index contributed by atoms with van der Waals surface area (Å²) in [5, 5.41) is 7.10. The van der Waals surface area contributed by atoms with E-state index in [1.54, 1.807) is 0 Å². The summed E-state index contributed by atoms with van der Waals surface area (Å²) >= 11 is 0. The van der Waals surface area contributed by atoms with Crippen molar-refractivity contribution >= 4 is 32.3 Å². The lowest BCUT2D eigenvalue weighted by molar-refractivity contribution is 0.434. The molecule has 0 spiro atoms. The SMILES string of the molecule is c1ccc(C2(c3ccccc3)c3ccccc3Oc3ccc(-c4cccc5c(-c6ccc7ccccc7c6)c6cccc(-c7cccc8c7C(c7ccccc7)(c7ccccc7)c7ccccc7O8)c6cc45)cc32)cc1. The Bertz CT molecular complexity index is 4310. The fraction of sp³-hybridized carbons (Fsp3) is 0.0270. The molecule has 2 nitrogen and oxygen atoms in total. The minimum Gasteiger partial charge on any atom is -0.457 e. The molecule has 0 fully saturated rings. The van der Waals surface area contributed by atoms with Gasteiger partial charge in [0.05, 0.1) is 10.8 Å². The van der Waals surface area contributed by atoms with E-state index in [1.807, 2.05) is 0 Å². The van der Waals surface area contributed by atoms with Crippen LogP contribution in [0.4, 0.5) is 0 Å². The van der Waals surface area contributed by atoms with Crippen LogP contribution < -0.4 is 9.47 Å². The van der Waals surface area contributed by atoms with Crippen molar-refractivity contribution in [3.63, 3.8) is 0 Å². The highest BCUT2D eigenvalue weighted by Crippen LogP contribution is 2.60. The number of para-hydroxylation sites is 2. The normalized spacial score (nSPS) is 13.7. The average Bonchev–Trinajstić information content (AvgIpc) is 3.55. The Morgan fingerprint density at radius 3 is 1.32 bits per heavy atom. The predicted octanol–water partition coefficient (Wildman–Crippen LogP) is 19.1. The fourth-order valence-corrected chi connectivity index (χ4v) is 13.2. The third kappa shape index (κ3) is 6.47. The second kappa shape index (κ2) is 17.4. The standard InChI is InChI=1S/C74H48O2/c1-5-24-53(25-6-1)73(54-26-7-2-8-27-54)64-37-15-17-39-67(64)75-69-45-44-51(47-66(69)73)57-32-19-34-59-62(57)48-63-58(33-20-35-60(63)71(59)52-43-42-49-22-13-14-23-50(49)46-52)61-36-21-41-70-72(61)74(55-28-9-3-10-29-55,56-30-11-4-12-31-56)65-38-16-18-40-68(65)76-70/h1-48H. The molecule has 2 heterocycles. The molecule has 0 aromatic heterocycles. The van der Waals surface area contributed by atoms with Gasteiger partial charge in [0, 0.05) is 22.3 Å². The number of hydrogen-bond acceptors (Lipinski definition) is 2. The summed E-state index contributed by atoms with van der Waals surface area (Å²) in [6.45, 7) is 0. The van der Waals surface area contributed by atoms with Gasteiger partial charge in [-0.1, -0.05) is 249 Å². The monoisotopic (exact) mass is 968 g/mol. The van der Waals surface area contributed by atoms with Crippen LogP contribution in [-0.2, 0) is 10.8 Å². The van der Waals surface area contributed by atoms with Crippen LogP contribution in [0.1, 0.15) is 44.5 Å². The van der Waals surface area contributed by atoms with E-state index in [1.165, 1.54) is 54.9 Å². The van der Waals surface area contributed by atoms with Gasteiger partial charge in [-0.15, -0.1) is 0 Å². The maximum Gasteiger partial charge on any atom is 0.132 e. The summed E-state index contributed by atoms with van der Waals surface area (Å²) in [5.41, 5.74) is 14.6. The molecule has 0 unspecified atom stereocenters. The van der Waals surface area contributed by atoms with Crippen LogP contribution in [0.25, 0.3) is 65.7 Å². The zero-order chi connectivity index (χ0) is 50.2. The molecule has 356 valence electrons. The third-order valence-electron chi connectivity index (χ3n) is 16.3. The van der Waals surface area contributed by atoms with E-state index in [2.05, 4.69) is 291 Å². The molecule has 2 aliphatic rings. The molecule has 0 bridgehead atoms. The van der Waals surface area contributed by atoms with E-state index >= 15 is 0 Å². The lowest BCUT2D eigenvalue weighted by Crippen LogP contribution is -2.34. The minimum atomic E-state index is -0.720. The molecule has 2 aliphatic heterocycles. The summed E-state index contributed by atoms with van der Waals surface area (Å²) in [5.74, 6) is 3.41. The Labute approximate surface area is 442 Å². The van der Waals surface area contributed by atoms with Crippen molar-refractivity contribution in [2.24, 2.45) is 0 Å². The largest absolute Gasteiger partial charge is 0.457 e. The Kier molecular flexibility index (Phi) is 10.0. The van der Waals surface area contributed by atoms with Gasteiger partial charge in [-0.3, -0.25) is 0 Å². The highest BCUT2D eigenvalue weighted by molar-refractivity contribution is 6.19. The van der Waals surface area contributed by atoms with Crippen molar-refractivity contribution in [2.75, 3.05) is 0 Å². The predicted molar refractivity (Wildman–Crippen MR) is 312 cm³/mol. The first kappa shape index (κ1) is 43.8. The second-order valence-corrected chi connectivity index (χ2v) is 20.2. The van der Waals surface area contributed by atoms with Crippen LogP contribution in [0.2, 0.25) is 0 Å². The quantitative estimate of drug-likeness (QED) is 0.148. The van der Waals surface area contributed by atoms with Crippen LogP contribution in [0.3, 0.4) is 0 Å². The smallest absolute Gasteiger partial charge is 0.132 e. The molecule has 0 radical (unpaired) electrons. The van der Waals surface area contributed by atoms with E-state index in [4.69, 9.17) is 9.47 Å². The highest BCUT2D eigenvalue weighted by atomic mass is 16.5. The molecule has 15 rings (SSSR count). The van der Waals surface area contributed by atoms with Gasteiger partial charge in [-0.25, -0.2) is 0 Å². The summed E-state index contributed by atoms with van der Waals surface area (Å²) in [6, 6.07) is 106. The molecule has 2 heteroatoms. The van der Waals surface area contributed by atoms with Crippen molar-refractivity contribution in [3.05, 3.63) is 336 Å². The zero-order valence-corrected chi connectivity index (χ0v) is 41.5. The van der Waals surface area contributed by atoms with Crippen LogP contribution in [0, 0.1) is 0 Å². The first-order chi connectivity index (χ1) is 37.7. The van der Waals surface area contributed by atoms with Crippen molar-refractivity contribution < 1.29 is 9.47 Å². The van der Waals surface area contributed by atoms with Gasteiger partial charge in [-0.05, 0) is 130 Å². The first-order valence-corrected chi connectivity index (χ1v) is 26.2. The maximum atomic E-state index is 7.07. The maximum absolute atomic E-state index is 7.07. The van der Waals surface area contributed by atoms with E-state index < -0.39 is 10.8 Å². The van der Waals surface area contributed by atoms with Gasteiger partial charge >= 0.3 is 0 Å². The molecule has 13 aromatic rings. The molecule has 0 saturated heterocycles. The molecule has 0 amide bonds. The van der Waals surface area contributed by atoms with Crippen LogP contribution in [-0.4, -0.2) is 0 Å². The Morgan fingerprint density at radius 1 is 0.237 bits per heavy atom. The van der Waals surface area contributed by atoms with Crippen LogP contribution in [0.15, 0.2) is 291 Å². The van der Waals surface area contributed by atoms with Gasteiger partial charge in [0.2, 0.25) is 0 Å². The summed E-state index contributed by atoms with van der Waals surface area (Å²) < 4.78 is 14.0. The summed E-state index contributed by atoms with van der Waals surface area (Å²) in [7, 11) is 0. The lowest BCUT2D eigenvalue weighted by Gasteiger charge is -2.42. The van der Waals surface area contributed by atoms with Crippen molar-refractivity contribution in [1.82, 2.24) is 0 Å². The van der Waals surface area contributed by atoms with Crippen molar-refractivity contribution in [2.45, 2.75) is 10.8 Å². The Hall–Kier alpha value is -9.76. The van der Waals surface area contributed by atoms with Gasteiger partial charge in [-0.2, -0.15) is 0 Å². The van der Waals surface area contributed by atoms with Gasteiger partial charge in [0.1, 0.15) is 23.0 Å². The average molecular weight is 969 g/mol. The van der Waals surface area contributed by atoms with Crippen LogP contribution >= 0.6 is 0 Å². The van der Waals surface area contributed by atoms with E-state index in [0.29, 0.717) is 0 Å². The first-order valence-electron chi connectivity index (χ1n) is 26.2. The van der Waals surface area contributed by atoms with E-state index in [-0.39, 0.29) is 0 Å². The zero-order valence-electron chi connectivity index (χ0n) is 41.5. The van der Waals surface area contributed by atoms with Gasteiger partial charge in [0.25, 0.3) is 0 Å². The van der Waals surface area contributed by atoms with Crippen molar-refractivity contribution in [3.8, 4) is 56.4 Å². The number of benzene rings is 13. The molecular weight excluding hydrogens is 921 g/mol. The lowest BCUT2D eigenvalue weighted by atomic mass is 9.62. The summed E-state index contributed by atoms with van der Waals surface area (Å²) in [4.78, 5) is 0. The van der Waals surface area contributed by atoms with E-state index in [0.717, 1.165) is 78.3 Å².